The molecule has 0 saturated heterocycles. The molecule has 2 aromatic carbocycles. The molecule has 2 aromatic rings. The smallest absolute Gasteiger partial charge is 0.335 e. The Kier molecular flexibility index (Phi) is 4.48. The van der Waals surface area contributed by atoms with E-state index in [0.29, 0.717) is 18.5 Å². The number of hydrogen-bond acceptors (Lipinski definition) is 2. The van der Waals surface area contributed by atoms with Gasteiger partial charge < -0.3 is 10.8 Å². The molecule has 0 heterocycles. The quantitative estimate of drug-likeness (QED) is 0.880. The van der Waals surface area contributed by atoms with E-state index in [1.165, 1.54) is 6.07 Å². The van der Waals surface area contributed by atoms with Gasteiger partial charge in [-0.05, 0) is 42.3 Å². The van der Waals surface area contributed by atoms with E-state index in [4.69, 9.17) is 10.8 Å². The Morgan fingerprint density at radius 2 is 1.80 bits per heavy atom. The van der Waals surface area contributed by atoms with Crippen LogP contribution in [0.1, 0.15) is 27.4 Å². The first-order chi connectivity index (χ1) is 9.61. The first-order valence-electron chi connectivity index (χ1n) is 6.38. The van der Waals surface area contributed by atoms with E-state index in [1.54, 1.807) is 42.5 Å². The first-order valence-corrected chi connectivity index (χ1v) is 6.38. The van der Waals surface area contributed by atoms with Crippen LogP contribution in [-0.4, -0.2) is 17.6 Å². The van der Waals surface area contributed by atoms with Gasteiger partial charge in [-0.3, -0.25) is 0 Å². The molecular weight excluding hydrogens is 257 g/mol. The Balaban J connectivity index is 2.18. The van der Waals surface area contributed by atoms with Gasteiger partial charge in [0.15, 0.2) is 0 Å². The van der Waals surface area contributed by atoms with Crippen molar-refractivity contribution in [1.82, 2.24) is 0 Å². The molecule has 0 aliphatic heterocycles. The Labute approximate surface area is 116 Å². The highest BCUT2D eigenvalue weighted by Gasteiger charge is 2.14. The van der Waals surface area contributed by atoms with E-state index >= 15 is 0 Å². The highest BCUT2D eigenvalue weighted by molar-refractivity contribution is 5.87. The fraction of sp³-hybridized carbons (Fsp3) is 0.188. The van der Waals surface area contributed by atoms with Gasteiger partial charge in [-0.2, -0.15) is 0 Å². The fourth-order valence-electron chi connectivity index (χ4n) is 2.19. The summed E-state index contributed by atoms with van der Waals surface area (Å²) in [6.07, 6.45) is 0.581. The normalized spacial score (nSPS) is 12.1. The fourth-order valence-corrected chi connectivity index (χ4v) is 2.19. The van der Waals surface area contributed by atoms with Crippen LogP contribution in [-0.2, 0) is 6.42 Å². The Morgan fingerprint density at radius 1 is 1.15 bits per heavy atom. The third kappa shape index (κ3) is 3.22. The molecule has 0 saturated carbocycles. The summed E-state index contributed by atoms with van der Waals surface area (Å²) in [5, 5.41) is 8.85. The van der Waals surface area contributed by atoms with E-state index in [-0.39, 0.29) is 17.3 Å². The zero-order valence-electron chi connectivity index (χ0n) is 10.9. The van der Waals surface area contributed by atoms with Crippen LogP contribution in [0, 0.1) is 5.82 Å². The molecule has 0 aliphatic rings. The lowest BCUT2D eigenvalue weighted by Crippen LogP contribution is -2.16. The van der Waals surface area contributed by atoms with Crippen molar-refractivity contribution in [1.29, 1.82) is 0 Å². The van der Waals surface area contributed by atoms with Crippen LogP contribution in [0.2, 0.25) is 0 Å². The van der Waals surface area contributed by atoms with Gasteiger partial charge in [0, 0.05) is 5.92 Å². The van der Waals surface area contributed by atoms with Crippen molar-refractivity contribution in [3.8, 4) is 0 Å². The minimum atomic E-state index is -0.957. The van der Waals surface area contributed by atoms with Gasteiger partial charge in [0.05, 0.1) is 5.56 Å². The minimum absolute atomic E-state index is 0.119. The number of rotatable bonds is 5. The van der Waals surface area contributed by atoms with Crippen LogP contribution >= 0.6 is 0 Å². The molecule has 3 nitrogen and oxygen atoms in total. The third-order valence-electron chi connectivity index (χ3n) is 3.31. The Hall–Kier alpha value is -2.20. The van der Waals surface area contributed by atoms with E-state index in [1.807, 2.05) is 0 Å². The van der Waals surface area contributed by atoms with Gasteiger partial charge in [-0.25, -0.2) is 9.18 Å². The summed E-state index contributed by atoms with van der Waals surface area (Å²) in [5.41, 5.74) is 7.51. The zero-order chi connectivity index (χ0) is 14.5. The molecular formula is C16H16FNO2. The standard InChI is InChI=1S/C16H16FNO2/c17-15-4-2-1-3-14(15)13(10-18)9-11-5-7-12(8-6-11)16(19)20/h1-8,13H,9-10,18H2,(H,19,20). The van der Waals surface area contributed by atoms with Crippen molar-refractivity contribution >= 4 is 5.97 Å². The molecule has 0 fully saturated rings. The van der Waals surface area contributed by atoms with Crippen LogP contribution in [0.4, 0.5) is 4.39 Å². The lowest BCUT2D eigenvalue weighted by molar-refractivity contribution is 0.0697. The molecule has 0 aromatic heterocycles. The van der Waals surface area contributed by atoms with Gasteiger partial charge in [-0.1, -0.05) is 30.3 Å². The van der Waals surface area contributed by atoms with E-state index in [9.17, 15) is 9.18 Å². The molecule has 0 bridgehead atoms. The van der Waals surface area contributed by atoms with E-state index in [2.05, 4.69) is 0 Å². The molecule has 0 aliphatic carbocycles. The summed E-state index contributed by atoms with van der Waals surface area (Å²) >= 11 is 0. The molecule has 0 amide bonds. The first kappa shape index (κ1) is 14.2. The summed E-state index contributed by atoms with van der Waals surface area (Å²) in [6, 6.07) is 13.2. The maximum absolute atomic E-state index is 13.8. The Bertz CT molecular complexity index is 596. The van der Waals surface area contributed by atoms with Crippen LogP contribution in [0.5, 0.6) is 0 Å². The third-order valence-corrected chi connectivity index (χ3v) is 3.31. The van der Waals surface area contributed by atoms with Crippen LogP contribution < -0.4 is 5.73 Å². The molecule has 3 N–H and O–H groups in total. The summed E-state index contributed by atoms with van der Waals surface area (Å²) in [4.78, 5) is 10.8. The summed E-state index contributed by atoms with van der Waals surface area (Å²) in [7, 11) is 0. The second-order valence-corrected chi connectivity index (χ2v) is 4.66. The summed E-state index contributed by atoms with van der Waals surface area (Å²) in [5.74, 6) is -1.34. The molecule has 1 atom stereocenters. The molecule has 20 heavy (non-hydrogen) atoms. The number of carbonyl (C=O) groups is 1. The van der Waals surface area contributed by atoms with Gasteiger partial charge in [0.2, 0.25) is 0 Å². The predicted octanol–water partition coefficient (Wildman–Crippen LogP) is 2.81. The summed E-state index contributed by atoms with van der Waals surface area (Å²) in [6.45, 7) is 0.335. The van der Waals surface area contributed by atoms with Crippen LogP contribution in [0.25, 0.3) is 0 Å². The van der Waals surface area contributed by atoms with Gasteiger partial charge in [-0.15, -0.1) is 0 Å². The van der Waals surface area contributed by atoms with E-state index < -0.39 is 5.97 Å². The molecule has 4 heteroatoms. The SMILES string of the molecule is NCC(Cc1ccc(C(=O)O)cc1)c1ccccc1F. The van der Waals surface area contributed by atoms with Crippen molar-refractivity contribution in [3.05, 3.63) is 71.0 Å². The number of nitrogens with two attached hydrogens (primary N) is 1. The topological polar surface area (TPSA) is 63.3 Å². The second kappa shape index (κ2) is 6.30. The predicted molar refractivity (Wildman–Crippen MR) is 75.3 cm³/mol. The monoisotopic (exact) mass is 273 g/mol. The van der Waals surface area contributed by atoms with Gasteiger partial charge >= 0.3 is 5.97 Å². The van der Waals surface area contributed by atoms with Crippen LogP contribution in [0.15, 0.2) is 48.5 Å². The molecule has 104 valence electrons. The number of hydrogen-bond donors (Lipinski definition) is 2. The maximum Gasteiger partial charge on any atom is 0.335 e. The summed E-state index contributed by atoms with van der Waals surface area (Å²) < 4.78 is 13.8. The lowest BCUT2D eigenvalue weighted by atomic mass is 9.91. The maximum atomic E-state index is 13.8. The average Bonchev–Trinajstić information content (AvgIpc) is 2.46. The van der Waals surface area contributed by atoms with Crippen molar-refractivity contribution in [2.45, 2.75) is 12.3 Å². The van der Waals surface area contributed by atoms with Gasteiger partial charge in [0.25, 0.3) is 0 Å². The highest BCUT2D eigenvalue weighted by Crippen LogP contribution is 2.22. The largest absolute Gasteiger partial charge is 0.478 e. The van der Waals surface area contributed by atoms with Crippen molar-refractivity contribution in [3.63, 3.8) is 0 Å². The zero-order valence-corrected chi connectivity index (χ0v) is 10.9. The van der Waals surface area contributed by atoms with E-state index in [0.717, 1.165) is 5.56 Å². The number of benzene rings is 2. The van der Waals surface area contributed by atoms with Crippen molar-refractivity contribution in [2.75, 3.05) is 6.54 Å². The average molecular weight is 273 g/mol. The minimum Gasteiger partial charge on any atom is -0.478 e. The van der Waals surface area contributed by atoms with Crippen LogP contribution in [0.3, 0.4) is 0 Å². The Morgan fingerprint density at radius 3 is 2.35 bits per heavy atom. The molecule has 0 spiro atoms. The van der Waals surface area contributed by atoms with Crippen molar-refractivity contribution in [2.24, 2.45) is 5.73 Å². The molecule has 2 rings (SSSR count). The highest BCUT2D eigenvalue weighted by atomic mass is 19.1. The second-order valence-electron chi connectivity index (χ2n) is 4.66. The molecule has 0 radical (unpaired) electrons. The number of carboxylic acid groups (broad SMARTS) is 1. The lowest BCUT2D eigenvalue weighted by Gasteiger charge is -2.16. The van der Waals surface area contributed by atoms with Gasteiger partial charge in [0.1, 0.15) is 5.82 Å². The number of halogens is 1. The number of aromatic carboxylic acids is 1. The van der Waals surface area contributed by atoms with Crippen molar-refractivity contribution < 1.29 is 14.3 Å². The number of carboxylic acids is 1. The molecule has 1 unspecified atom stereocenters.